The summed E-state index contributed by atoms with van der Waals surface area (Å²) >= 11 is 0. The molecule has 0 aromatic heterocycles. The number of hydrogen-bond donors (Lipinski definition) is 3. The van der Waals surface area contributed by atoms with E-state index in [-0.39, 0.29) is 23.5 Å². The van der Waals surface area contributed by atoms with Gasteiger partial charge in [0.15, 0.2) is 5.78 Å². The van der Waals surface area contributed by atoms with Gasteiger partial charge in [-0.15, -0.1) is 0 Å². The lowest BCUT2D eigenvalue weighted by Crippen LogP contribution is -2.26. The molecule has 0 amide bonds. The van der Waals surface area contributed by atoms with E-state index in [0.717, 1.165) is 45.9 Å². The van der Waals surface area contributed by atoms with Crippen LogP contribution < -0.4 is 15.4 Å². The highest BCUT2D eigenvalue weighted by Gasteiger charge is 2.36. The summed E-state index contributed by atoms with van der Waals surface area (Å²) < 4.78 is 5.27. The number of carbonyl (C=O) groups is 1. The quantitative estimate of drug-likeness (QED) is 0.539. The van der Waals surface area contributed by atoms with Crippen LogP contribution in [0, 0.1) is 0 Å². The normalized spacial score (nSPS) is 20.1. The summed E-state index contributed by atoms with van der Waals surface area (Å²) in [6.45, 7) is 0. The van der Waals surface area contributed by atoms with Crippen molar-refractivity contribution in [1.82, 2.24) is 0 Å². The molecule has 156 valence electrons. The van der Waals surface area contributed by atoms with Crippen LogP contribution in [0.25, 0.3) is 0 Å². The Kier molecular flexibility index (Phi) is 4.86. The zero-order chi connectivity index (χ0) is 21.4. The number of nitrogens with one attached hydrogen (secondary N) is 2. The Morgan fingerprint density at radius 1 is 0.903 bits per heavy atom. The lowest BCUT2D eigenvalue weighted by atomic mass is 9.78. The molecular formula is C26H24N2O3. The maximum absolute atomic E-state index is 13.5. The first-order valence-corrected chi connectivity index (χ1v) is 10.4. The second-order valence-electron chi connectivity index (χ2n) is 8.04. The molecule has 3 aromatic rings. The summed E-state index contributed by atoms with van der Waals surface area (Å²) in [6, 6.07) is 22.7. The minimum Gasteiger partial charge on any atom is -0.508 e. The Bertz CT molecular complexity index is 1170. The number of fused-ring (bicyclic) bond motifs is 1. The lowest BCUT2D eigenvalue weighted by molar-refractivity contribution is -0.116. The predicted octanol–water partition coefficient (Wildman–Crippen LogP) is 5.38. The van der Waals surface area contributed by atoms with E-state index in [1.807, 2.05) is 60.7 Å². The van der Waals surface area contributed by atoms with E-state index in [1.165, 1.54) is 0 Å². The smallest absolute Gasteiger partial charge is 0.163 e. The average Bonchev–Trinajstić information content (AvgIpc) is 2.96. The van der Waals surface area contributed by atoms with Crippen molar-refractivity contribution in [3.05, 3.63) is 95.2 Å². The van der Waals surface area contributed by atoms with Gasteiger partial charge in [-0.25, -0.2) is 0 Å². The van der Waals surface area contributed by atoms with Gasteiger partial charge >= 0.3 is 0 Å². The van der Waals surface area contributed by atoms with E-state index in [0.29, 0.717) is 6.42 Å². The van der Waals surface area contributed by atoms with E-state index >= 15 is 0 Å². The molecule has 5 heteroatoms. The monoisotopic (exact) mass is 412 g/mol. The fourth-order valence-corrected chi connectivity index (χ4v) is 4.56. The van der Waals surface area contributed by atoms with Crippen molar-refractivity contribution in [1.29, 1.82) is 0 Å². The predicted molar refractivity (Wildman–Crippen MR) is 122 cm³/mol. The van der Waals surface area contributed by atoms with Crippen molar-refractivity contribution in [2.24, 2.45) is 0 Å². The fourth-order valence-electron chi connectivity index (χ4n) is 4.56. The van der Waals surface area contributed by atoms with Crippen LogP contribution in [0.4, 0.5) is 11.4 Å². The SMILES string of the molecule is COc1ccc([C@@H]2CC(=O)C3=C(C2)Nc2ccccc2N[C@H]3c2cccc(O)c2)cc1. The largest absolute Gasteiger partial charge is 0.508 e. The summed E-state index contributed by atoms with van der Waals surface area (Å²) in [4.78, 5) is 13.5. The number of Topliss-reactive ketones (excluding diaryl/α,β-unsaturated/α-hetero) is 1. The molecule has 5 rings (SSSR count). The molecule has 0 unspecified atom stereocenters. The molecule has 0 saturated heterocycles. The molecule has 0 fully saturated rings. The molecule has 2 aliphatic rings. The topological polar surface area (TPSA) is 70.6 Å². The molecule has 0 spiro atoms. The van der Waals surface area contributed by atoms with Gasteiger partial charge in [0.2, 0.25) is 0 Å². The first-order valence-electron chi connectivity index (χ1n) is 10.4. The zero-order valence-corrected chi connectivity index (χ0v) is 17.3. The lowest BCUT2D eigenvalue weighted by Gasteiger charge is -2.30. The van der Waals surface area contributed by atoms with Crippen LogP contribution in [-0.2, 0) is 4.79 Å². The molecule has 5 nitrogen and oxygen atoms in total. The number of ketones is 1. The van der Waals surface area contributed by atoms with Crippen LogP contribution in [-0.4, -0.2) is 18.0 Å². The van der Waals surface area contributed by atoms with Gasteiger partial charge < -0.3 is 20.5 Å². The second kappa shape index (κ2) is 7.84. The first kappa shape index (κ1) is 19.2. The number of hydrogen-bond acceptors (Lipinski definition) is 5. The molecule has 1 heterocycles. The summed E-state index contributed by atoms with van der Waals surface area (Å²) in [6.07, 6.45) is 1.18. The Labute approximate surface area is 181 Å². The van der Waals surface area contributed by atoms with Crippen molar-refractivity contribution >= 4 is 17.2 Å². The number of phenolic OH excluding ortho intramolecular Hbond substituents is 1. The van der Waals surface area contributed by atoms with Gasteiger partial charge in [0.05, 0.1) is 24.5 Å². The van der Waals surface area contributed by atoms with Crippen molar-refractivity contribution in [2.45, 2.75) is 24.8 Å². The number of rotatable bonds is 3. The summed E-state index contributed by atoms with van der Waals surface area (Å²) in [5.74, 6) is 1.20. The molecule has 1 aliphatic heterocycles. The molecular weight excluding hydrogens is 388 g/mol. The summed E-state index contributed by atoms with van der Waals surface area (Å²) in [5.41, 5.74) is 5.54. The highest BCUT2D eigenvalue weighted by molar-refractivity contribution is 6.01. The number of benzene rings is 3. The molecule has 2 atom stereocenters. The van der Waals surface area contributed by atoms with E-state index in [2.05, 4.69) is 10.6 Å². The number of ether oxygens (including phenoxy) is 1. The molecule has 1 aliphatic carbocycles. The van der Waals surface area contributed by atoms with E-state index in [4.69, 9.17) is 4.74 Å². The van der Waals surface area contributed by atoms with Crippen molar-refractivity contribution in [3.8, 4) is 11.5 Å². The number of anilines is 2. The maximum atomic E-state index is 13.5. The molecule has 0 bridgehead atoms. The number of para-hydroxylation sites is 2. The van der Waals surface area contributed by atoms with Crippen LogP contribution in [0.15, 0.2) is 84.1 Å². The third kappa shape index (κ3) is 3.63. The summed E-state index contributed by atoms with van der Waals surface area (Å²) in [7, 11) is 1.65. The Morgan fingerprint density at radius 2 is 1.68 bits per heavy atom. The zero-order valence-electron chi connectivity index (χ0n) is 17.3. The third-order valence-electron chi connectivity index (χ3n) is 6.10. The second-order valence-corrected chi connectivity index (χ2v) is 8.04. The van der Waals surface area contributed by atoms with Crippen molar-refractivity contribution in [3.63, 3.8) is 0 Å². The van der Waals surface area contributed by atoms with E-state index in [1.54, 1.807) is 19.2 Å². The Morgan fingerprint density at radius 3 is 2.42 bits per heavy atom. The minimum atomic E-state index is -0.331. The van der Waals surface area contributed by atoms with Gasteiger partial charge in [-0.3, -0.25) is 4.79 Å². The molecule has 3 aromatic carbocycles. The van der Waals surface area contributed by atoms with Gasteiger partial charge in [0.1, 0.15) is 11.5 Å². The van der Waals surface area contributed by atoms with Crippen LogP contribution in [0.5, 0.6) is 11.5 Å². The highest BCUT2D eigenvalue weighted by atomic mass is 16.5. The number of methoxy groups -OCH3 is 1. The number of phenols is 1. The number of carbonyl (C=O) groups excluding carboxylic acids is 1. The Balaban J connectivity index is 1.58. The summed E-state index contributed by atoms with van der Waals surface area (Å²) in [5, 5.41) is 17.1. The van der Waals surface area contributed by atoms with Crippen molar-refractivity contribution < 1.29 is 14.6 Å². The first-order chi connectivity index (χ1) is 15.1. The Hall–Kier alpha value is -3.73. The van der Waals surface area contributed by atoms with Crippen molar-refractivity contribution in [2.75, 3.05) is 17.7 Å². The highest BCUT2D eigenvalue weighted by Crippen LogP contribution is 2.44. The molecule has 31 heavy (non-hydrogen) atoms. The number of allylic oxidation sites excluding steroid dienone is 1. The standard InChI is InChI=1S/C26H24N2O3/c1-31-20-11-9-16(10-12-20)18-14-23-25(24(30)15-18)26(17-5-4-6-19(29)13-17)28-22-8-3-2-7-21(22)27-23/h2-13,18,26-29H,14-15H2,1H3/t18-,26-/m0/s1. The van der Waals surface area contributed by atoms with E-state index < -0.39 is 0 Å². The van der Waals surface area contributed by atoms with Crippen LogP contribution >= 0.6 is 0 Å². The van der Waals surface area contributed by atoms with E-state index in [9.17, 15) is 9.90 Å². The van der Waals surface area contributed by atoms with Gasteiger partial charge in [-0.2, -0.15) is 0 Å². The molecule has 3 N–H and O–H groups in total. The molecule has 0 saturated carbocycles. The van der Waals surface area contributed by atoms with Gasteiger partial charge in [-0.1, -0.05) is 36.4 Å². The third-order valence-corrected chi connectivity index (χ3v) is 6.10. The van der Waals surface area contributed by atoms with Crippen LogP contribution in [0.1, 0.15) is 35.9 Å². The average molecular weight is 412 g/mol. The van der Waals surface area contributed by atoms with Gasteiger partial charge in [-0.05, 0) is 59.9 Å². The number of aromatic hydroxyl groups is 1. The fraction of sp³-hybridized carbons (Fsp3) is 0.192. The molecule has 0 radical (unpaired) electrons. The van der Waals surface area contributed by atoms with Gasteiger partial charge in [0.25, 0.3) is 0 Å². The van der Waals surface area contributed by atoms with Crippen LogP contribution in [0.3, 0.4) is 0 Å². The van der Waals surface area contributed by atoms with Gasteiger partial charge in [0, 0.05) is 17.7 Å². The maximum Gasteiger partial charge on any atom is 0.163 e. The van der Waals surface area contributed by atoms with Crippen LogP contribution in [0.2, 0.25) is 0 Å². The minimum absolute atomic E-state index is 0.0970.